The first kappa shape index (κ1) is 32.4. The average molecular weight is 653 g/mol. The number of carbonyl (C=O) groups excluding carboxylic acids is 1. The molecule has 0 unspecified atom stereocenters. The van der Waals surface area contributed by atoms with Crippen LogP contribution >= 0.6 is 0 Å². The molecule has 2 atom stereocenters. The minimum Gasteiger partial charge on any atom is -0.495 e. The molecule has 2 aromatic carbocycles. The monoisotopic (exact) mass is 652 g/mol. The molecule has 1 amide bonds. The molecule has 45 heavy (non-hydrogen) atoms. The van der Waals surface area contributed by atoms with Crippen LogP contribution in [0.5, 0.6) is 11.6 Å². The van der Waals surface area contributed by atoms with Crippen LogP contribution in [-0.2, 0) is 22.6 Å². The van der Waals surface area contributed by atoms with Gasteiger partial charge in [-0.2, -0.15) is 18.2 Å². The van der Waals surface area contributed by atoms with Gasteiger partial charge in [0.05, 0.1) is 30.7 Å². The second-order valence-electron chi connectivity index (χ2n) is 11.0. The third kappa shape index (κ3) is 7.62. The Morgan fingerprint density at radius 2 is 1.84 bits per heavy atom. The molecule has 1 aliphatic heterocycles. The van der Waals surface area contributed by atoms with Gasteiger partial charge in [-0.15, -0.1) is 0 Å². The largest absolute Gasteiger partial charge is 0.495 e. The molecule has 0 saturated carbocycles. The van der Waals surface area contributed by atoms with Crippen molar-refractivity contribution >= 4 is 27.6 Å². The van der Waals surface area contributed by atoms with Gasteiger partial charge >= 0.3 is 6.18 Å². The van der Waals surface area contributed by atoms with Crippen molar-refractivity contribution in [2.24, 2.45) is 0 Å². The van der Waals surface area contributed by atoms with E-state index in [4.69, 9.17) is 9.47 Å². The molecule has 1 fully saturated rings. The fourth-order valence-electron chi connectivity index (χ4n) is 5.42. The highest BCUT2D eigenvalue weighted by molar-refractivity contribution is 7.88. The second kappa shape index (κ2) is 12.8. The summed E-state index contributed by atoms with van der Waals surface area (Å²) in [6.07, 6.45) is -3.00. The van der Waals surface area contributed by atoms with Gasteiger partial charge < -0.3 is 25.0 Å². The van der Waals surface area contributed by atoms with Gasteiger partial charge in [-0.3, -0.25) is 4.79 Å². The molecule has 11 nitrogen and oxygen atoms in total. The van der Waals surface area contributed by atoms with Crippen molar-refractivity contribution in [3.05, 3.63) is 70.7 Å². The number of hydrogen-bond acceptors (Lipinski definition) is 9. The second-order valence-corrected chi connectivity index (χ2v) is 12.8. The van der Waals surface area contributed by atoms with Crippen molar-refractivity contribution in [2.75, 3.05) is 38.8 Å². The summed E-state index contributed by atoms with van der Waals surface area (Å²) >= 11 is 0. The minimum absolute atomic E-state index is 0.0135. The normalized spacial score (nSPS) is 19.2. The van der Waals surface area contributed by atoms with Gasteiger partial charge in [0.2, 0.25) is 21.9 Å². The molecule has 1 saturated heterocycles. The number of likely N-dealkylation sites (tertiary alicyclic amines) is 1. The first-order chi connectivity index (χ1) is 21.2. The molecule has 0 bridgehead atoms. The number of fused-ring (bicyclic) bond motifs is 1. The SMILES string of the molecule is COc1cc(C(=O)NC2CCN(C)CC2)c(F)cc1Nc1ncc(C(F)(F)F)c(O[C@@H]2Cc3ccccc3[C@@H]2NS(C)(=O)=O)n1. The molecule has 0 spiro atoms. The molecular weight excluding hydrogens is 620 g/mol. The molecule has 5 rings (SSSR count). The van der Waals surface area contributed by atoms with Crippen LogP contribution in [0, 0.1) is 5.82 Å². The van der Waals surface area contributed by atoms with Crippen LogP contribution in [0.1, 0.15) is 45.9 Å². The number of methoxy groups -OCH3 is 1. The highest BCUT2D eigenvalue weighted by Gasteiger charge is 2.41. The van der Waals surface area contributed by atoms with E-state index < -0.39 is 51.5 Å². The Hall–Kier alpha value is -4.02. The first-order valence-corrected chi connectivity index (χ1v) is 15.9. The zero-order chi connectivity index (χ0) is 32.5. The van der Waals surface area contributed by atoms with Crippen LogP contribution in [-0.4, -0.2) is 74.8 Å². The number of nitrogens with one attached hydrogen (secondary N) is 3. The summed E-state index contributed by atoms with van der Waals surface area (Å²) in [5.74, 6) is -2.75. The quantitative estimate of drug-likeness (QED) is 0.295. The summed E-state index contributed by atoms with van der Waals surface area (Å²) in [6.45, 7) is 1.59. The topological polar surface area (TPSA) is 135 Å². The van der Waals surface area contributed by atoms with E-state index in [9.17, 15) is 26.4 Å². The predicted octanol–water partition coefficient (Wildman–Crippen LogP) is 3.80. The summed E-state index contributed by atoms with van der Waals surface area (Å²) in [7, 11) is -0.512. The Balaban J connectivity index is 1.41. The number of amides is 1. The van der Waals surface area contributed by atoms with E-state index in [1.807, 2.05) is 7.05 Å². The Bertz CT molecular complexity index is 1680. The number of rotatable bonds is 9. The lowest BCUT2D eigenvalue weighted by Crippen LogP contribution is -2.43. The molecule has 1 aliphatic carbocycles. The fourth-order valence-corrected chi connectivity index (χ4v) is 6.16. The zero-order valence-electron chi connectivity index (χ0n) is 24.6. The maximum atomic E-state index is 15.2. The highest BCUT2D eigenvalue weighted by Crippen LogP contribution is 2.40. The van der Waals surface area contributed by atoms with Gasteiger partial charge in [0, 0.05) is 24.7 Å². The van der Waals surface area contributed by atoms with Gasteiger partial charge in [-0.1, -0.05) is 24.3 Å². The number of halogens is 4. The number of sulfonamides is 1. The molecule has 16 heteroatoms. The summed E-state index contributed by atoms with van der Waals surface area (Å²) in [5.41, 5.74) is -0.347. The molecule has 2 heterocycles. The number of carbonyl (C=O) groups is 1. The molecule has 242 valence electrons. The van der Waals surface area contributed by atoms with Crippen molar-refractivity contribution < 1.29 is 40.2 Å². The Morgan fingerprint density at radius 3 is 2.51 bits per heavy atom. The minimum atomic E-state index is -4.91. The maximum Gasteiger partial charge on any atom is 0.423 e. The fraction of sp³-hybridized carbons (Fsp3) is 0.414. The number of aromatic nitrogens is 2. The Kier molecular flexibility index (Phi) is 9.19. The highest BCUT2D eigenvalue weighted by atomic mass is 32.2. The summed E-state index contributed by atoms with van der Waals surface area (Å²) in [4.78, 5) is 22.7. The predicted molar refractivity (Wildman–Crippen MR) is 157 cm³/mol. The molecule has 3 N–H and O–H groups in total. The van der Waals surface area contributed by atoms with Gasteiger partial charge in [-0.25, -0.2) is 22.5 Å². The van der Waals surface area contributed by atoms with Crippen LogP contribution in [0.2, 0.25) is 0 Å². The molecular formula is C29H32F4N6O5S. The number of alkyl halides is 3. The molecule has 1 aromatic heterocycles. The number of hydrogen-bond donors (Lipinski definition) is 3. The van der Waals surface area contributed by atoms with Gasteiger partial charge in [0.15, 0.2) is 0 Å². The van der Waals surface area contributed by atoms with Crippen molar-refractivity contribution in [3.8, 4) is 11.6 Å². The number of benzene rings is 2. The van der Waals surface area contributed by atoms with Crippen LogP contribution in [0.25, 0.3) is 0 Å². The lowest BCUT2D eigenvalue weighted by atomic mass is 10.0. The van der Waals surface area contributed by atoms with E-state index in [-0.39, 0.29) is 35.4 Å². The zero-order valence-corrected chi connectivity index (χ0v) is 25.4. The van der Waals surface area contributed by atoms with Crippen LogP contribution in [0.4, 0.5) is 29.2 Å². The van der Waals surface area contributed by atoms with E-state index in [0.29, 0.717) is 30.2 Å². The summed E-state index contributed by atoms with van der Waals surface area (Å²) in [5, 5.41) is 5.48. The van der Waals surface area contributed by atoms with Gasteiger partial charge in [0.25, 0.3) is 5.91 Å². The Morgan fingerprint density at radius 1 is 1.13 bits per heavy atom. The summed E-state index contributed by atoms with van der Waals surface area (Å²) < 4.78 is 94.9. The third-order valence-corrected chi connectivity index (χ3v) is 8.36. The lowest BCUT2D eigenvalue weighted by Gasteiger charge is -2.29. The molecule has 0 radical (unpaired) electrons. The number of anilines is 2. The van der Waals surface area contributed by atoms with Crippen molar-refractivity contribution in [2.45, 2.75) is 43.6 Å². The number of piperidine rings is 1. The van der Waals surface area contributed by atoms with Crippen LogP contribution < -0.4 is 24.8 Å². The Labute approximate surface area is 257 Å². The van der Waals surface area contributed by atoms with Crippen LogP contribution in [0.15, 0.2) is 42.6 Å². The van der Waals surface area contributed by atoms with Gasteiger partial charge in [-0.05, 0) is 50.2 Å². The third-order valence-electron chi connectivity index (χ3n) is 7.68. The van der Waals surface area contributed by atoms with E-state index in [0.717, 1.165) is 25.4 Å². The lowest BCUT2D eigenvalue weighted by molar-refractivity contribution is -0.140. The summed E-state index contributed by atoms with van der Waals surface area (Å²) in [6, 6.07) is 7.85. The van der Waals surface area contributed by atoms with E-state index in [1.165, 1.54) is 13.2 Å². The van der Waals surface area contributed by atoms with Crippen molar-refractivity contribution in [1.29, 1.82) is 0 Å². The van der Waals surface area contributed by atoms with Crippen LogP contribution in [0.3, 0.4) is 0 Å². The number of nitrogens with zero attached hydrogens (tertiary/aromatic N) is 3. The molecule has 3 aromatic rings. The van der Waals surface area contributed by atoms with E-state index >= 15 is 4.39 Å². The van der Waals surface area contributed by atoms with Crippen molar-refractivity contribution in [1.82, 2.24) is 24.9 Å². The molecule has 2 aliphatic rings. The van der Waals surface area contributed by atoms with Crippen molar-refractivity contribution in [3.63, 3.8) is 0 Å². The standard InChI is InChI=1S/C29H32F4N6O5S/c1-39-10-8-17(9-11-39)35-26(40)19-13-23(43-2)22(14-21(19)30)36-28-34-15-20(29(31,32)33)27(37-28)44-24-12-16-6-4-5-7-18(16)25(24)38-45(3,41)42/h4-7,13-15,17,24-25,38H,8-12H2,1-3H3,(H,35,40)(H,34,36,37)/t24-,25+/m1/s1. The van der Waals surface area contributed by atoms with E-state index in [1.54, 1.807) is 24.3 Å². The first-order valence-electron chi connectivity index (χ1n) is 14.0. The van der Waals surface area contributed by atoms with Gasteiger partial charge in [0.1, 0.15) is 23.2 Å². The average Bonchev–Trinajstić information content (AvgIpc) is 3.29. The maximum absolute atomic E-state index is 15.2. The smallest absolute Gasteiger partial charge is 0.423 e. The number of ether oxygens (including phenoxy) is 2. The van der Waals surface area contributed by atoms with E-state index in [2.05, 4.69) is 30.2 Å².